The lowest BCUT2D eigenvalue weighted by atomic mass is 10.2. The van der Waals surface area contributed by atoms with Crippen LogP contribution in [-0.2, 0) is 6.54 Å². The summed E-state index contributed by atoms with van der Waals surface area (Å²) in [6, 6.07) is 10.2. The van der Waals surface area contributed by atoms with Crippen molar-refractivity contribution >= 4 is 45.7 Å². The van der Waals surface area contributed by atoms with E-state index in [0.29, 0.717) is 44.5 Å². The molecular formula is C19H17Cl2N3O3S. The zero-order valence-corrected chi connectivity index (χ0v) is 17.4. The van der Waals surface area contributed by atoms with Gasteiger partial charge in [0.1, 0.15) is 0 Å². The van der Waals surface area contributed by atoms with E-state index in [0.717, 1.165) is 5.56 Å². The highest BCUT2D eigenvalue weighted by Crippen LogP contribution is 2.32. The minimum absolute atomic E-state index is 0.324. The van der Waals surface area contributed by atoms with E-state index in [9.17, 15) is 4.79 Å². The number of methoxy groups -OCH3 is 2. The second-order valence-corrected chi connectivity index (χ2v) is 7.36. The number of rotatable bonds is 6. The van der Waals surface area contributed by atoms with Crippen LogP contribution in [0.3, 0.4) is 0 Å². The average molecular weight is 438 g/mol. The Morgan fingerprint density at radius 2 is 1.89 bits per heavy atom. The number of thiazole rings is 1. The van der Waals surface area contributed by atoms with E-state index in [2.05, 4.69) is 15.6 Å². The number of anilines is 1. The smallest absolute Gasteiger partial charge is 0.321 e. The van der Waals surface area contributed by atoms with Gasteiger partial charge in [0.05, 0.1) is 24.9 Å². The zero-order valence-electron chi connectivity index (χ0n) is 15.1. The van der Waals surface area contributed by atoms with Crippen LogP contribution in [0, 0.1) is 0 Å². The molecule has 1 aromatic heterocycles. The number of benzene rings is 2. The van der Waals surface area contributed by atoms with E-state index in [1.54, 1.807) is 38.5 Å². The van der Waals surface area contributed by atoms with Crippen molar-refractivity contribution in [2.75, 3.05) is 19.5 Å². The highest BCUT2D eigenvalue weighted by molar-refractivity contribution is 7.14. The summed E-state index contributed by atoms with van der Waals surface area (Å²) < 4.78 is 10.5. The highest BCUT2D eigenvalue weighted by atomic mass is 35.5. The zero-order chi connectivity index (χ0) is 20.1. The number of amides is 2. The molecule has 6 nitrogen and oxygen atoms in total. The predicted octanol–water partition coefficient (Wildman–Crippen LogP) is 5.46. The van der Waals surface area contributed by atoms with E-state index in [1.165, 1.54) is 11.3 Å². The molecule has 0 saturated carbocycles. The molecule has 0 aliphatic carbocycles. The number of ether oxygens (including phenoxy) is 2. The van der Waals surface area contributed by atoms with Gasteiger partial charge in [-0.3, -0.25) is 5.32 Å². The molecular weight excluding hydrogens is 421 g/mol. The van der Waals surface area contributed by atoms with E-state index in [-0.39, 0.29) is 6.03 Å². The number of hydrogen-bond acceptors (Lipinski definition) is 5. The van der Waals surface area contributed by atoms with Crippen molar-refractivity contribution in [1.82, 2.24) is 10.3 Å². The fourth-order valence-electron chi connectivity index (χ4n) is 2.46. The quantitative estimate of drug-likeness (QED) is 0.537. The summed E-state index contributed by atoms with van der Waals surface area (Å²) in [5, 5.41) is 8.86. The largest absolute Gasteiger partial charge is 0.493 e. The first-order valence-electron chi connectivity index (χ1n) is 8.17. The molecule has 146 valence electrons. The van der Waals surface area contributed by atoms with Crippen LogP contribution in [-0.4, -0.2) is 25.2 Å². The van der Waals surface area contributed by atoms with Crippen molar-refractivity contribution in [2.45, 2.75) is 6.54 Å². The topological polar surface area (TPSA) is 72.5 Å². The summed E-state index contributed by atoms with van der Waals surface area (Å²) in [6.07, 6.45) is 0. The third-order valence-corrected chi connectivity index (χ3v) is 5.15. The summed E-state index contributed by atoms with van der Waals surface area (Å²) in [6.45, 7) is 0.324. The number of urea groups is 1. The van der Waals surface area contributed by atoms with Gasteiger partial charge in [0, 0.05) is 22.5 Å². The number of hydrogen-bond donors (Lipinski definition) is 2. The Morgan fingerprint density at radius 3 is 2.64 bits per heavy atom. The van der Waals surface area contributed by atoms with Crippen LogP contribution in [0.1, 0.15) is 5.56 Å². The number of halogens is 2. The minimum atomic E-state index is -0.368. The van der Waals surface area contributed by atoms with Crippen LogP contribution >= 0.6 is 34.5 Å². The monoisotopic (exact) mass is 437 g/mol. The third-order valence-electron chi connectivity index (χ3n) is 3.83. The van der Waals surface area contributed by atoms with Crippen LogP contribution in [0.4, 0.5) is 9.93 Å². The maximum absolute atomic E-state index is 12.2. The Hall–Kier alpha value is -2.48. The molecule has 0 bridgehead atoms. The molecule has 0 atom stereocenters. The van der Waals surface area contributed by atoms with Gasteiger partial charge in [0.15, 0.2) is 16.6 Å². The average Bonchev–Trinajstić information content (AvgIpc) is 3.16. The van der Waals surface area contributed by atoms with Crippen molar-refractivity contribution < 1.29 is 14.3 Å². The van der Waals surface area contributed by atoms with Gasteiger partial charge in [-0.15, -0.1) is 11.3 Å². The molecule has 28 heavy (non-hydrogen) atoms. The van der Waals surface area contributed by atoms with Crippen LogP contribution in [0.2, 0.25) is 10.0 Å². The highest BCUT2D eigenvalue weighted by Gasteiger charge is 2.11. The lowest BCUT2D eigenvalue weighted by Crippen LogP contribution is -2.28. The maximum atomic E-state index is 12.2. The molecule has 0 radical (unpaired) electrons. The Bertz CT molecular complexity index is 994. The SMILES string of the molecule is COc1ccc(CNC(=O)Nc2nc(-c3cc(Cl)ccc3Cl)cs2)cc1OC. The van der Waals surface area contributed by atoms with Gasteiger partial charge in [0.2, 0.25) is 0 Å². The van der Waals surface area contributed by atoms with E-state index in [4.69, 9.17) is 32.7 Å². The molecule has 0 aliphatic heterocycles. The third kappa shape index (κ3) is 4.86. The fraction of sp³-hybridized carbons (Fsp3) is 0.158. The van der Waals surface area contributed by atoms with Crippen molar-refractivity contribution in [3.8, 4) is 22.8 Å². The molecule has 2 N–H and O–H groups in total. The Kier molecular flexibility index (Phi) is 6.61. The predicted molar refractivity (Wildman–Crippen MR) is 113 cm³/mol. The minimum Gasteiger partial charge on any atom is -0.493 e. The molecule has 0 spiro atoms. The lowest BCUT2D eigenvalue weighted by molar-refractivity contribution is 0.251. The van der Waals surface area contributed by atoms with Crippen LogP contribution in [0.15, 0.2) is 41.8 Å². The van der Waals surface area contributed by atoms with Crippen LogP contribution in [0.5, 0.6) is 11.5 Å². The van der Waals surface area contributed by atoms with Gasteiger partial charge >= 0.3 is 6.03 Å². The maximum Gasteiger partial charge on any atom is 0.321 e. The first-order valence-corrected chi connectivity index (χ1v) is 9.80. The van der Waals surface area contributed by atoms with Gasteiger partial charge in [-0.2, -0.15) is 0 Å². The molecule has 0 unspecified atom stereocenters. The van der Waals surface area contributed by atoms with Gasteiger partial charge in [-0.1, -0.05) is 29.3 Å². The molecule has 0 fully saturated rings. The molecule has 0 saturated heterocycles. The molecule has 2 aromatic carbocycles. The summed E-state index contributed by atoms with van der Waals surface area (Å²) in [7, 11) is 3.13. The van der Waals surface area contributed by atoms with Gasteiger partial charge in [-0.25, -0.2) is 9.78 Å². The van der Waals surface area contributed by atoms with Crippen molar-refractivity contribution in [2.24, 2.45) is 0 Å². The first kappa shape index (κ1) is 20.3. The lowest BCUT2D eigenvalue weighted by Gasteiger charge is -2.10. The van der Waals surface area contributed by atoms with Crippen molar-refractivity contribution in [3.63, 3.8) is 0 Å². The summed E-state index contributed by atoms with van der Waals surface area (Å²) in [5.74, 6) is 1.23. The van der Waals surface area contributed by atoms with E-state index >= 15 is 0 Å². The molecule has 1 heterocycles. The van der Waals surface area contributed by atoms with Crippen LogP contribution < -0.4 is 20.1 Å². The number of nitrogens with zero attached hydrogens (tertiary/aromatic N) is 1. The first-order chi connectivity index (χ1) is 13.5. The van der Waals surface area contributed by atoms with Gasteiger partial charge in [0.25, 0.3) is 0 Å². The molecule has 0 aliphatic rings. The second kappa shape index (κ2) is 9.14. The second-order valence-electron chi connectivity index (χ2n) is 5.66. The molecule has 3 aromatic rings. The summed E-state index contributed by atoms with van der Waals surface area (Å²) in [4.78, 5) is 16.6. The fourth-order valence-corrected chi connectivity index (χ4v) is 3.55. The van der Waals surface area contributed by atoms with Crippen molar-refractivity contribution in [3.05, 3.63) is 57.4 Å². The number of nitrogens with one attached hydrogen (secondary N) is 2. The van der Waals surface area contributed by atoms with E-state index in [1.807, 2.05) is 17.5 Å². The van der Waals surface area contributed by atoms with Gasteiger partial charge in [-0.05, 0) is 35.9 Å². The van der Waals surface area contributed by atoms with Crippen LogP contribution in [0.25, 0.3) is 11.3 Å². The number of carbonyl (C=O) groups is 1. The van der Waals surface area contributed by atoms with Gasteiger partial charge < -0.3 is 14.8 Å². The summed E-state index contributed by atoms with van der Waals surface area (Å²) in [5.41, 5.74) is 2.23. The Morgan fingerprint density at radius 1 is 1.11 bits per heavy atom. The molecule has 9 heteroatoms. The number of carbonyl (C=O) groups excluding carboxylic acids is 1. The summed E-state index contributed by atoms with van der Waals surface area (Å²) >= 11 is 13.5. The van der Waals surface area contributed by atoms with E-state index < -0.39 is 0 Å². The molecule has 3 rings (SSSR count). The Balaban J connectivity index is 1.61. The van der Waals surface area contributed by atoms with Crippen molar-refractivity contribution in [1.29, 1.82) is 0 Å². The number of aromatic nitrogens is 1. The Labute approximate surface area is 176 Å². The molecule has 2 amide bonds. The normalized spacial score (nSPS) is 10.4. The standard InChI is InChI=1S/C19H17Cl2N3O3S/c1-26-16-6-3-11(7-17(16)27-2)9-22-18(25)24-19-23-15(10-28-19)13-8-12(20)4-5-14(13)21/h3-8,10H,9H2,1-2H3,(H2,22,23,24,25).